The molecule has 3 heteroatoms. The van der Waals surface area contributed by atoms with Gasteiger partial charge in [0.25, 0.3) is 0 Å². The molecule has 0 heterocycles. The van der Waals surface area contributed by atoms with E-state index >= 15 is 0 Å². The molecule has 0 radical (unpaired) electrons. The van der Waals surface area contributed by atoms with Gasteiger partial charge < -0.3 is 0 Å². The molecule has 2 aromatic rings. The molecule has 80 valence electrons. The van der Waals surface area contributed by atoms with Crippen LogP contribution in [0.15, 0.2) is 58.8 Å². The van der Waals surface area contributed by atoms with E-state index in [0.29, 0.717) is 0 Å². The number of azo groups is 1. The molecule has 0 amide bonds. The molecule has 0 atom stereocenters. The number of hydrogen-bond acceptors (Lipinski definition) is 2. The van der Waals surface area contributed by atoms with E-state index in [4.69, 9.17) is 11.6 Å². The largest absolute Gasteiger partial charge is 0.151 e. The van der Waals surface area contributed by atoms with Crippen LogP contribution >= 0.6 is 11.6 Å². The zero-order chi connectivity index (χ0) is 11.4. The van der Waals surface area contributed by atoms with Crippen LogP contribution in [0, 0.1) is 6.92 Å². The van der Waals surface area contributed by atoms with Crippen LogP contribution in [0.25, 0.3) is 0 Å². The lowest BCUT2D eigenvalue weighted by Crippen LogP contribution is -1.73. The molecule has 0 saturated heterocycles. The molecule has 0 N–H and O–H groups in total. The standard InChI is InChI=1S/C13H11ClN2/c1-10-9-11(14)7-8-13(10)16-15-12-5-3-2-4-6-12/h2-9H,1H3. The fraction of sp³-hybridized carbons (Fsp3) is 0.0769. The van der Waals surface area contributed by atoms with Gasteiger partial charge in [-0.2, -0.15) is 10.2 Å². The van der Waals surface area contributed by atoms with Crippen LogP contribution in [0.5, 0.6) is 0 Å². The van der Waals surface area contributed by atoms with Crippen molar-refractivity contribution in [1.82, 2.24) is 0 Å². The van der Waals surface area contributed by atoms with E-state index in [9.17, 15) is 0 Å². The van der Waals surface area contributed by atoms with E-state index in [2.05, 4.69) is 10.2 Å². The lowest BCUT2D eigenvalue weighted by atomic mass is 10.2. The molecule has 0 aliphatic carbocycles. The van der Waals surface area contributed by atoms with Gasteiger partial charge in [0, 0.05) is 5.02 Å². The van der Waals surface area contributed by atoms with Crippen LogP contribution < -0.4 is 0 Å². The van der Waals surface area contributed by atoms with Gasteiger partial charge in [-0.25, -0.2) is 0 Å². The highest BCUT2D eigenvalue weighted by Crippen LogP contribution is 2.24. The predicted molar refractivity (Wildman–Crippen MR) is 66.8 cm³/mol. The average molecular weight is 231 g/mol. The average Bonchev–Trinajstić information content (AvgIpc) is 2.29. The molecule has 16 heavy (non-hydrogen) atoms. The van der Waals surface area contributed by atoms with Crippen LogP contribution in [0.1, 0.15) is 5.56 Å². The zero-order valence-corrected chi connectivity index (χ0v) is 9.65. The van der Waals surface area contributed by atoms with Gasteiger partial charge in [0.2, 0.25) is 0 Å². The Morgan fingerprint density at radius 2 is 1.69 bits per heavy atom. The monoisotopic (exact) mass is 230 g/mol. The number of rotatable bonds is 2. The van der Waals surface area contributed by atoms with Gasteiger partial charge in [0.1, 0.15) is 0 Å². The molecule has 2 nitrogen and oxygen atoms in total. The van der Waals surface area contributed by atoms with Crippen LogP contribution in [-0.2, 0) is 0 Å². The third-order valence-electron chi connectivity index (χ3n) is 2.19. The maximum atomic E-state index is 5.86. The van der Waals surface area contributed by atoms with E-state index in [1.54, 1.807) is 0 Å². The van der Waals surface area contributed by atoms with Gasteiger partial charge >= 0.3 is 0 Å². The normalized spacial score (nSPS) is 10.9. The minimum Gasteiger partial charge on any atom is -0.151 e. The van der Waals surface area contributed by atoms with Gasteiger partial charge in [-0.15, -0.1) is 0 Å². The summed E-state index contributed by atoms with van der Waals surface area (Å²) in [5, 5.41) is 9.05. The van der Waals surface area contributed by atoms with Crippen molar-refractivity contribution in [3.8, 4) is 0 Å². The summed E-state index contributed by atoms with van der Waals surface area (Å²) in [7, 11) is 0. The predicted octanol–water partition coefficient (Wildman–Crippen LogP) is 5.06. The minimum atomic E-state index is 0.719. The topological polar surface area (TPSA) is 24.7 Å². The molecule has 0 spiro atoms. The van der Waals surface area contributed by atoms with Crippen molar-refractivity contribution in [3.05, 3.63) is 59.1 Å². The highest BCUT2D eigenvalue weighted by molar-refractivity contribution is 6.30. The summed E-state index contributed by atoms with van der Waals surface area (Å²) in [6.07, 6.45) is 0. The minimum absolute atomic E-state index is 0.719. The SMILES string of the molecule is Cc1cc(Cl)ccc1N=Nc1ccccc1. The fourth-order valence-electron chi connectivity index (χ4n) is 1.34. The fourth-order valence-corrected chi connectivity index (χ4v) is 1.56. The van der Waals surface area contributed by atoms with Crippen molar-refractivity contribution < 1.29 is 0 Å². The molecular weight excluding hydrogens is 220 g/mol. The van der Waals surface area contributed by atoms with Crippen LogP contribution in [0.3, 0.4) is 0 Å². The first kappa shape index (κ1) is 10.8. The Hall–Kier alpha value is -1.67. The Morgan fingerprint density at radius 3 is 2.38 bits per heavy atom. The van der Waals surface area contributed by atoms with Crippen LogP contribution in [0.2, 0.25) is 5.02 Å². The van der Waals surface area contributed by atoms with Crippen LogP contribution in [0.4, 0.5) is 11.4 Å². The number of nitrogens with zero attached hydrogens (tertiary/aromatic N) is 2. The molecule has 0 fully saturated rings. The molecule has 0 bridgehead atoms. The summed E-state index contributed by atoms with van der Waals surface area (Å²) < 4.78 is 0. The summed E-state index contributed by atoms with van der Waals surface area (Å²) in [5.41, 5.74) is 2.71. The summed E-state index contributed by atoms with van der Waals surface area (Å²) >= 11 is 5.86. The highest BCUT2D eigenvalue weighted by atomic mass is 35.5. The Morgan fingerprint density at radius 1 is 0.938 bits per heavy atom. The maximum absolute atomic E-state index is 5.86. The van der Waals surface area contributed by atoms with Crippen molar-refractivity contribution in [1.29, 1.82) is 0 Å². The smallest absolute Gasteiger partial charge is 0.0887 e. The molecule has 0 aliphatic heterocycles. The second kappa shape index (κ2) is 4.90. The van der Waals surface area contributed by atoms with Crippen molar-refractivity contribution >= 4 is 23.0 Å². The van der Waals surface area contributed by atoms with Crippen molar-refractivity contribution in [2.45, 2.75) is 6.92 Å². The Labute approximate surface area is 99.6 Å². The first-order valence-corrected chi connectivity index (χ1v) is 5.36. The Kier molecular flexibility index (Phi) is 3.32. The van der Waals surface area contributed by atoms with Crippen LogP contribution in [-0.4, -0.2) is 0 Å². The van der Waals surface area contributed by atoms with E-state index in [1.807, 2.05) is 55.5 Å². The van der Waals surface area contributed by atoms with Gasteiger partial charge in [-0.1, -0.05) is 29.8 Å². The van der Waals surface area contributed by atoms with Gasteiger partial charge in [0.15, 0.2) is 0 Å². The van der Waals surface area contributed by atoms with Gasteiger partial charge in [-0.3, -0.25) is 0 Å². The Bertz CT molecular complexity index is 507. The molecule has 0 aromatic heterocycles. The molecule has 0 aliphatic rings. The van der Waals surface area contributed by atoms with E-state index < -0.39 is 0 Å². The number of aryl methyl sites for hydroxylation is 1. The lowest BCUT2D eigenvalue weighted by molar-refractivity contribution is 1.21. The zero-order valence-electron chi connectivity index (χ0n) is 8.89. The summed E-state index contributed by atoms with van der Waals surface area (Å²) in [6, 6.07) is 15.2. The van der Waals surface area contributed by atoms with E-state index in [1.165, 1.54) is 0 Å². The number of halogens is 1. The Balaban J connectivity index is 2.24. The highest BCUT2D eigenvalue weighted by Gasteiger charge is 1.97. The van der Waals surface area contributed by atoms with Gasteiger partial charge in [0.05, 0.1) is 11.4 Å². The molecule has 0 unspecified atom stereocenters. The molecule has 2 rings (SSSR count). The third kappa shape index (κ3) is 2.67. The molecular formula is C13H11ClN2. The second-order valence-corrected chi connectivity index (χ2v) is 3.90. The molecule has 0 saturated carbocycles. The number of hydrogen-bond donors (Lipinski definition) is 0. The van der Waals surface area contributed by atoms with Crippen molar-refractivity contribution in [3.63, 3.8) is 0 Å². The quantitative estimate of drug-likeness (QED) is 0.644. The second-order valence-electron chi connectivity index (χ2n) is 3.47. The van der Waals surface area contributed by atoms with Crippen molar-refractivity contribution in [2.24, 2.45) is 10.2 Å². The lowest BCUT2D eigenvalue weighted by Gasteiger charge is -1.98. The first-order chi connectivity index (χ1) is 7.75. The first-order valence-electron chi connectivity index (χ1n) is 4.98. The summed E-state index contributed by atoms with van der Waals surface area (Å²) in [5.74, 6) is 0. The van der Waals surface area contributed by atoms with E-state index in [-0.39, 0.29) is 0 Å². The van der Waals surface area contributed by atoms with Gasteiger partial charge in [-0.05, 0) is 42.8 Å². The summed E-state index contributed by atoms with van der Waals surface area (Å²) in [6.45, 7) is 1.96. The van der Waals surface area contributed by atoms with Crippen molar-refractivity contribution in [2.75, 3.05) is 0 Å². The van der Waals surface area contributed by atoms with E-state index in [0.717, 1.165) is 22.0 Å². The maximum Gasteiger partial charge on any atom is 0.0887 e. The molecule has 2 aromatic carbocycles. The third-order valence-corrected chi connectivity index (χ3v) is 2.42. The summed E-state index contributed by atoms with van der Waals surface area (Å²) in [4.78, 5) is 0. The number of benzene rings is 2.